The van der Waals surface area contributed by atoms with Gasteiger partial charge in [-0.15, -0.1) is 0 Å². The summed E-state index contributed by atoms with van der Waals surface area (Å²) in [6.45, 7) is 11.3. The second-order valence-corrected chi connectivity index (χ2v) is 8.43. The molecular formula is C18H25BrO4. The second kappa shape index (κ2) is 7.47. The van der Waals surface area contributed by atoms with Crippen molar-refractivity contribution in [1.29, 1.82) is 0 Å². The fourth-order valence-corrected chi connectivity index (χ4v) is 2.06. The third-order valence-corrected chi connectivity index (χ3v) is 3.81. The Morgan fingerprint density at radius 3 is 1.83 bits per heavy atom. The molecule has 0 saturated heterocycles. The first kappa shape index (κ1) is 19.7. The van der Waals surface area contributed by atoms with Gasteiger partial charge >= 0.3 is 11.9 Å². The van der Waals surface area contributed by atoms with E-state index in [1.54, 1.807) is 0 Å². The summed E-state index contributed by atoms with van der Waals surface area (Å²) in [6.07, 6.45) is 0. The topological polar surface area (TPSA) is 52.6 Å². The van der Waals surface area contributed by atoms with Gasteiger partial charge in [-0.1, -0.05) is 28.1 Å². The normalized spacial score (nSPS) is 12.0. The Hall–Kier alpha value is -1.36. The van der Waals surface area contributed by atoms with Gasteiger partial charge in [0.15, 0.2) is 0 Å². The van der Waals surface area contributed by atoms with Crippen LogP contribution in [0.15, 0.2) is 22.7 Å². The van der Waals surface area contributed by atoms with Gasteiger partial charge in [0.25, 0.3) is 0 Å². The van der Waals surface area contributed by atoms with Gasteiger partial charge in [-0.2, -0.15) is 0 Å². The summed E-state index contributed by atoms with van der Waals surface area (Å²) in [7, 11) is 0. The molecule has 0 unspecified atom stereocenters. The van der Waals surface area contributed by atoms with E-state index < -0.39 is 10.8 Å². The van der Waals surface area contributed by atoms with Gasteiger partial charge < -0.3 is 9.47 Å². The van der Waals surface area contributed by atoms with E-state index in [1.807, 2.05) is 59.7 Å². The molecule has 0 atom stereocenters. The Kier molecular flexibility index (Phi) is 6.40. The number of halogens is 1. The molecule has 0 fully saturated rings. The quantitative estimate of drug-likeness (QED) is 0.710. The Labute approximate surface area is 146 Å². The molecule has 0 spiro atoms. The Bertz CT molecular complexity index is 580. The Morgan fingerprint density at radius 2 is 1.39 bits per heavy atom. The first-order valence-electron chi connectivity index (χ1n) is 7.53. The van der Waals surface area contributed by atoms with Crippen molar-refractivity contribution in [2.75, 3.05) is 0 Å². The Morgan fingerprint density at radius 1 is 0.913 bits per heavy atom. The maximum atomic E-state index is 11.8. The van der Waals surface area contributed by atoms with Gasteiger partial charge in [0.05, 0.1) is 10.8 Å². The summed E-state index contributed by atoms with van der Waals surface area (Å²) in [5, 5.41) is 0. The smallest absolute Gasteiger partial charge is 0.311 e. The van der Waals surface area contributed by atoms with Gasteiger partial charge in [-0.25, -0.2) is 0 Å². The zero-order valence-corrected chi connectivity index (χ0v) is 16.2. The molecule has 0 aliphatic carbocycles. The molecule has 0 aromatic heterocycles. The molecule has 0 N–H and O–H groups in total. The lowest BCUT2D eigenvalue weighted by Crippen LogP contribution is -2.23. The number of rotatable bonds is 4. The molecule has 128 valence electrons. The summed E-state index contributed by atoms with van der Waals surface area (Å²) in [5.41, 5.74) is 0.709. The van der Waals surface area contributed by atoms with Crippen LogP contribution in [0.3, 0.4) is 0 Å². The van der Waals surface area contributed by atoms with Crippen LogP contribution in [0.1, 0.15) is 52.7 Å². The molecule has 0 amide bonds. The lowest BCUT2D eigenvalue weighted by atomic mass is 9.97. The lowest BCUT2D eigenvalue weighted by Gasteiger charge is -2.18. The summed E-state index contributed by atoms with van der Waals surface area (Å²) in [6, 6.07) is 5.59. The molecule has 0 heterocycles. The van der Waals surface area contributed by atoms with Crippen LogP contribution in [0.25, 0.3) is 0 Å². The molecular weight excluding hydrogens is 360 g/mol. The SMILES string of the molecule is CC(C)(C)C(=O)OCc1ccc(COC(=O)C(C)(C)C)c(Br)c1. The van der Waals surface area contributed by atoms with Gasteiger partial charge in [-0.3, -0.25) is 9.59 Å². The predicted molar refractivity (Wildman–Crippen MR) is 92.6 cm³/mol. The molecule has 0 radical (unpaired) electrons. The summed E-state index contributed by atoms with van der Waals surface area (Å²) < 4.78 is 11.4. The number of carbonyl (C=O) groups excluding carboxylic acids is 2. The zero-order valence-electron chi connectivity index (χ0n) is 14.7. The minimum absolute atomic E-state index is 0.207. The standard InChI is InChI=1S/C18H25BrO4/c1-17(2,3)15(20)22-10-12-7-8-13(14(19)9-12)11-23-16(21)18(4,5)6/h7-9H,10-11H2,1-6H3. The minimum Gasteiger partial charge on any atom is -0.460 e. The number of hydrogen-bond donors (Lipinski definition) is 0. The van der Waals surface area contributed by atoms with Crippen LogP contribution >= 0.6 is 15.9 Å². The van der Waals surface area contributed by atoms with Crippen molar-refractivity contribution < 1.29 is 19.1 Å². The number of hydrogen-bond acceptors (Lipinski definition) is 4. The van der Waals surface area contributed by atoms with Crippen LogP contribution in [0.4, 0.5) is 0 Å². The fourth-order valence-electron chi connectivity index (χ4n) is 1.52. The molecule has 0 aliphatic heterocycles. The van der Waals surface area contributed by atoms with Crippen LogP contribution < -0.4 is 0 Å². The van der Waals surface area contributed by atoms with E-state index >= 15 is 0 Å². The average molecular weight is 385 g/mol. The molecule has 1 rings (SSSR count). The maximum absolute atomic E-state index is 11.8. The molecule has 0 bridgehead atoms. The van der Waals surface area contributed by atoms with Gasteiger partial charge in [-0.05, 0) is 53.2 Å². The number of esters is 2. The minimum atomic E-state index is -0.520. The van der Waals surface area contributed by atoms with E-state index in [-0.39, 0.29) is 25.2 Å². The first-order chi connectivity index (χ1) is 10.4. The van der Waals surface area contributed by atoms with Crippen molar-refractivity contribution in [2.45, 2.75) is 54.8 Å². The number of ether oxygens (including phenoxy) is 2. The highest BCUT2D eigenvalue weighted by molar-refractivity contribution is 9.10. The van der Waals surface area contributed by atoms with Crippen molar-refractivity contribution in [2.24, 2.45) is 10.8 Å². The van der Waals surface area contributed by atoms with E-state index in [2.05, 4.69) is 15.9 Å². The first-order valence-corrected chi connectivity index (χ1v) is 8.32. The molecule has 23 heavy (non-hydrogen) atoms. The van der Waals surface area contributed by atoms with Crippen molar-refractivity contribution in [3.63, 3.8) is 0 Å². The molecule has 5 heteroatoms. The summed E-state index contributed by atoms with van der Waals surface area (Å²) in [5.74, 6) is -0.482. The monoisotopic (exact) mass is 384 g/mol. The van der Waals surface area contributed by atoms with E-state index in [0.717, 1.165) is 15.6 Å². The third kappa shape index (κ3) is 6.34. The van der Waals surface area contributed by atoms with E-state index in [1.165, 1.54) is 0 Å². The van der Waals surface area contributed by atoms with Gasteiger partial charge in [0, 0.05) is 10.0 Å². The third-order valence-electron chi connectivity index (χ3n) is 3.07. The zero-order chi connectivity index (χ0) is 17.8. The van der Waals surface area contributed by atoms with Crippen LogP contribution in [-0.2, 0) is 32.3 Å². The molecule has 4 nitrogen and oxygen atoms in total. The lowest BCUT2D eigenvalue weighted by molar-refractivity contribution is -0.155. The van der Waals surface area contributed by atoms with E-state index in [9.17, 15) is 9.59 Å². The van der Waals surface area contributed by atoms with E-state index in [0.29, 0.717) is 0 Å². The number of carbonyl (C=O) groups is 2. The van der Waals surface area contributed by atoms with Crippen molar-refractivity contribution >= 4 is 27.9 Å². The average Bonchev–Trinajstić information content (AvgIpc) is 2.41. The largest absolute Gasteiger partial charge is 0.460 e. The molecule has 0 saturated carbocycles. The van der Waals surface area contributed by atoms with Gasteiger partial charge in [0.2, 0.25) is 0 Å². The highest BCUT2D eigenvalue weighted by atomic mass is 79.9. The van der Waals surface area contributed by atoms with Crippen LogP contribution in [0, 0.1) is 10.8 Å². The fraction of sp³-hybridized carbons (Fsp3) is 0.556. The molecule has 1 aromatic carbocycles. The highest BCUT2D eigenvalue weighted by Crippen LogP contribution is 2.23. The van der Waals surface area contributed by atoms with Crippen LogP contribution in [-0.4, -0.2) is 11.9 Å². The molecule has 0 aliphatic rings. The number of benzene rings is 1. The highest BCUT2D eigenvalue weighted by Gasteiger charge is 2.24. The predicted octanol–water partition coefficient (Wildman–Crippen LogP) is 4.63. The second-order valence-electron chi connectivity index (χ2n) is 7.58. The van der Waals surface area contributed by atoms with E-state index in [4.69, 9.17) is 9.47 Å². The van der Waals surface area contributed by atoms with Crippen molar-refractivity contribution in [1.82, 2.24) is 0 Å². The van der Waals surface area contributed by atoms with Crippen molar-refractivity contribution in [3.05, 3.63) is 33.8 Å². The Balaban J connectivity index is 2.65. The maximum Gasteiger partial charge on any atom is 0.311 e. The van der Waals surface area contributed by atoms with Crippen molar-refractivity contribution in [3.8, 4) is 0 Å². The molecule has 1 aromatic rings. The van der Waals surface area contributed by atoms with Gasteiger partial charge in [0.1, 0.15) is 13.2 Å². The van der Waals surface area contributed by atoms with Crippen LogP contribution in [0.2, 0.25) is 0 Å². The van der Waals surface area contributed by atoms with Crippen LogP contribution in [0.5, 0.6) is 0 Å². The summed E-state index contributed by atoms with van der Waals surface area (Å²) in [4.78, 5) is 23.6. The summed E-state index contributed by atoms with van der Waals surface area (Å²) >= 11 is 3.46.